The molecule has 1 atom stereocenters. The second-order valence-corrected chi connectivity index (χ2v) is 5.38. The van der Waals surface area contributed by atoms with Crippen LogP contribution in [0.3, 0.4) is 0 Å². The van der Waals surface area contributed by atoms with Crippen molar-refractivity contribution >= 4 is 11.4 Å². The van der Waals surface area contributed by atoms with Gasteiger partial charge in [-0.05, 0) is 47.0 Å². The van der Waals surface area contributed by atoms with E-state index in [4.69, 9.17) is 4.74 Å². The van der Waals surface area contributed by atoms with Gasteiger partial charge in [0.1, 0.15) is 5.69 Å². The summed E-state index contributed by atoms with van der Waals surface area (Å²) in [5.74, 6) is 0.298. The van der Waals surface area contributed by atoms with E-state index in [0.717, 1.165) is 6.54 Å². The number of nitrogens with zero attached hydrogens (tertiary/aromatic N) is 2. The van der Waals surface area contributed by atoms with E-state index in [2.05, 4.69) is 5.32 Å². The van der Waals surface area contributed by atoms with Gasteiger partial charge in [-0.25, -0.2) is 0 Å². The van der Waals surface area contributed by atoms with Gasteiger partial charge in [0.15, 0.2) is 5.75 Å². The van der Waals surface area contributed by atoms with Crippen LogP contribution in [0.15, 0.2) is 18.2 Å². The van der Waals surface area contributed by atoms with Crippen LogP contribution in [0.5, 0.6) is 5.75 Å². The van der Waals surface area contributed by atoms with Gasteiger partial charge in [0.05, 0.1) is 11.0 Å². The highest BCUT2D eigenvalue weighted by Gasteiger charge is 2.22. The standard InChI is InChI=1S/C14H23N3O3/c1-10(2)20-13-8-6-7-12(14(13)17(18)19)15-11(3)9-16(4)5/h6-8,10-11,15H,9H2,1-5H3. The van der Waals surface area contributed by atoms with Crippen molar-refractivity contribution in [1.29, 1.82) is 0 Å². The SMILES string of the molecule is CC(CN(C)C)Nc1cccc(OC(C)C)c1[N+](=O)[O-]. The molecule has 0 fully saturated rings. The minimum Gasteiger partial charge on any atom is -0.484 e. The smallest absolute Gasteiger partial charge is 0.333 e. The molecule has 0 saturated heterocycles. The minimum absolute atomic E-state index is 0.00759. The Morgan fingerprint density at radius 1 is 1.35 bits per heavy atom. The van der Waals surface area contributed by atoms with Crippen molar-refractivity contribution in [1.82, 2.24) is 4.90 Å². The van der Waals surface area contributed by atoms with E-state index in [-0.39, 0.29) is 17.8 Å². The van der Waals surface area contributed by atoms with E-state index in [1.165, 1.54) is 0 Å². The summed E-state index contributed by atoms with van der Waals surface area (Å²) in [4.78, 5) is 12.9. The first-order valence-electron chi connectivity index (χ1n) is 6.66. The van der Waals surface area contributed by atoms with E-state index >= 15 is 0 Å². The number of anilines is 1. The molecule has 6 heteroatoms. The van der Waals surface area contributed by atoms with Crippen molar-refractivity contribution < 1.29 is 9.66 Å². The van der Waals surface area contributed by atoms with Crippen LogP contribution in [-0.4, -0.2) is 42.6 Å². The Balaban J connectivity index is 3.03. The summed E-state index contributed by atoms with van der Waals surface area (Å²) in [6.45, 7) is 6.46. The average Bonchev–Trinajstić information content (AvgIpc) is 2.26. The van der Waals surface area contributed by atoms with Crippen LogP contribution in [0, 0.1) is 10.1 Å². The Morgan fingerprint density at radius 3 is 2.50 bits per heavy atom. The molecule has 1 unspecified atom stereocenters. The van der Waals surface area contributed by atoms with Crippen LogP contribution in [0.4, 0.5) is 11.4 Å². The van der Waals surface area contributed by atoms with E-state index < -0.39 is 4.92 Å². The van der Waals surface area contributed by atoms with Gasteiger partial charge in [0.25, 0.3) is 0 Å². The molecule has 0 bridgehead atoms. The number of benzene rings is 1. The molecule has 20 heavy (non-hydrogen) atoms. The number of nitro groups is 1. The fourth-order valence-electron chi connectivity index (χ4n) is 2.03. The minimum atomic E-state index is -0.400. The number of rotatable bonds is 7. The Kier molecular flexibility index (Phi) is 5.76. The van der Waals surface area contributed by atoms with Crippen molar-refractivity contribution in [2.75, 3.05) is 26.0 Å². The third-order valence-electron chi connectivity index (χ3n) is 2.59. The summed E-state index contributed by atoms with van der Waals surface area (Å²) in [7, 11) is 3.93. The van der Waals surface area contributed by atoms with Crippen LogP contribution in [-0.2, 0) is 0 Å². The molecule has 1 rings (SSSR count). The number of hydrogen-bond acceptors (Lipinski definition) is 5. The molecule has 0 spiro atoms. The molecule has 0 aromatic heterocycles. The molecule has 0 amide bonds. The Bertz CT molecular complexity index is 461. The van der Waals surface area contributed by atoms with Gasteiger partial charge in [-0.15, -0.1) is 0 Å². The van der Waals surface area contributed by atoms with Gasteiger partial charge in [-0.1, -0.05) is 6.07 Å². The van der Waals surface area contributed by atoms with Gasteiger partial charge in [-0.2, -0.15) is 0 Å². The first-order chi connectivity index (χ1) is 9.31. The number of hydrogen-bond donors (Lipinski definition) is 1. The highest BCUT2D eigenvalue weighted by atomic mass is 16.6. The Labute approximate surface area is 119 Å². The zero-order chi connectivity index (χ0) is 15.3. The first kappa shape index (κ1) is 16.2. The Hall–Kier alpha value is -1.82. The number of nitrogens with one attached hydrogen (secondary N) is 1. The molecule has 1 aromatic rings. The molecule has 112 valence electrons. The van der Waals surface area contributed by atoms with E-state index in [0.29, 0.717) is 11.4 Å². The van der Waals surface area contributed by atoms with Crippen LogP contribution >= 0.6 is 0 Å². The summed E-state index contributed by atoms with van der Waals surface area (Å²) in [5.41, 5.74) is 0.481. The summed E-state index contributed by atoms with van der Waals surface area (Å²) >= 11 is 0. The first-order valence-corrected chi connectivity index (χ1v) is 6.66. The summed E-state index contributed by atoms with van der Waals surface area (Å²) in [5, 5.41) is 14.5. The van der Waals surface area contributed by atoms with Gasteiger partial charge in [0, 0.05) is 12.6 Å². The van der Waals surface area contributed by atoms with Crippen molar-refractivity contribution in [2.45, 2.75) is 32.9 Å². The molecule has 0 aliphatic rings. The molecule has 0 heterocycles. The molecular formula is C14H23N3O3. The topological polar surface area (TPSA) is 67.6 Å². The maximum atomic E-state index is 11.3. The lowest BCUT2D eigenvalue weighted by Crippen LogP contribution is -2.29. The highest BCUT2D eigenvalue weighted by Crippen LogP contribution is 2.35. The van der Waals surface area contributed by atoms with Gasteiger partial charge >= 0.3 is 5.69 Å². The summed E-state index contributed by atoms with van der Waals surface area (Å²) in [6.07, 6.45) is -0.108. The lowest BCUT2D eigenvalue weighted by atomic mass is 10.2. The lowest BCUT2D eigenvalue weighted by Gasteiger charge is -2.20. The number of nitro benzene ring substituents is 1. The number of ether oxygens (including phenoxy) is 1. The second kappa shape index (κ2) is 7.09. The van der Waals surface area contributed by atoms with Crippen molar-refractivity contribution in [3.63, 3.8) is 0 Å². The third kappa shape index (κ3) is 4.70. The molecule has 6 nitrogen and oxygen atoms in total. The molecule has 0 aliphatic carbocycles. The molecule has 1 aromatic carbocycles. The van der Waals surface area contributed by atoms with Gasteiger partial charge < -0.3 is 15.0 Å². The average molecular weight is 281 g/mol. The van der Waals surface area contributed by atoms with Crippen LogP contribution in [0.1, 0.15) is 20.8 Å². The van der Waals surface area contributed by atoms with Crippen molar-refractivity contribution in [3.05, 3.63) is 28.3 Å². The predicted molar refractivity (Wildman–Crippen MR) is 80.5 cm³/mol. The largest absolute Gasteiger partial charge is 0.484 e. The van der Waals surface area contributed by atoms with E-state index in [1.54, 1.807) is 18.2 Å². The van der Waals surface area contributed by atoms with E-state index in [1.807, 2.05) is 39.8 Å². The second-order valence-electron chi connectivity index (χ2n) is 5.38. The maximum Gasteiger partial charge on any atom is 0.333 e. The van der Waals surface area contributed by atoms with Crippen LogP contribution < -0.4 is 10.1 Å². The summed E-state index contributed by atoms with van der Waals surface area (Å²) < 4.78 is 5.52. The fourth-order valence-corrected chi connectivity index (χ4v) is 2.03. The zero-order valence-corrected chi connectivity index (χ0v) is 12.7. The number of para-hydroxylation sites is 1. The van der Waals surface area contributed by atoms with Gasteiger partial charge in [-0.3, -0.25) is 10.1 Å². The molecule has 0 saturated carbocycles. The van der Waals surface area contributed by atoms with Crippen molar-refractivity contribution in [3.8, 4) is 5.75 Å². The normalized spacial score (nSPS) is 12.6. The number of likely N-dealkylation sites (N-methyl/N-ethyl adjacent to an activating group) is 1. The quantitative estimate of drug-likeness (QED) is 0.615. The Morgan fingerprint density at radius 2 is 2.00 bits per heavy atom. The summed E-state index contributed by atoms with van der Waals surface area (Å²) in [6, 6.07) is 5.19. The van der Waals surface area contributed by atoms with Crippen LogP contribution in [0.2, 0.25) is 0 Å². The zero-order valence-electron chi connectivity index (χ0n) is 12.7. The maximum absolute atomic E-state index is 11.3. The van der Waals surface area contributed by atoms with E-state index in [9.17, 15) is 10.1 Å². The third-order valence-corrected chi connectivity index (χ3v) is 2.59. The predicted octanol–water partition coefficient (Wildman–Crippen LogP) is 2.74. The van der Waals surface area contributed by atoms with Crippen LogP contribution in [0.25, 0.3) is 0 Å². The fraction of sp³-hybridized carbons (Fsp3) is 0.571. The lowest BCUT2D eigenvalue weighted by molar-refractivity contribution is -0.385. The molecule has 0 radical (unpaired) electrons. The van der Waals surface area contributed by atoms with Gasteiger partial charge in [0.2, 0.25) is 0 Å². The monoisotopic (exact) mass is 281 g/mol. The molecule has 1 N–H and O–H groups in total. The molecule has 0 aliphatic heterocycles. The highest BCUT2D eigenvalue weighted by molar-refractivity contribution is 5.68. The van der Waals surface area contributed by atoms with Crippen molar-refractivity contribution in [2.24, 2.45) is 0 Å². The molecular weight excluding hydrogens is 258 g/mol.